The van der Waals surface area contributed by atoms with Crippen LogP contribution >= 0.6 is 0 Å². The van der Waals surface area contributed by atoms with Gasteiger partial charge in [-0.15, -0.1) is 0 Å². The molecular formula is C75H140O6. The fraction of sp³-hybridized carbons (Fsp3) is 0.880. The Morgan fingerprint density at radius 3 is 0.691 bits per heavy atom. The average Bonchev–Trinajstić information content (AvgIpc) is 3.47. The predicted octanol–water partition coefficient (Wildman–Crippen LogP) is 25.1. The van der Waals surface area contributed by atoms with Crippen molar-refractivity contribution < 1.29 is 28.6 Å². The van der Waals surface area contributed by atoms with Crippen LogP contribution in [0.5, 0.6) is 0 Å². The molecule has 81 heavy (non-hydrogen) atoms. The van der Waals surface area contributed by atoms with E-state index in [0.717, 1.165) is 64.2 Å². The summed E-state index contributed by atoms with van der Waals surface area (Å²) in [6.45, 7) is 6.68. The summed E-state index contributed by atoms with van der Waals surface area (Å²) in [5.74, 6) is -0.842. The lowest BCUT2D eigenvalue weighted by Crippen LogP contribution is -2.30. The van der Waals surface area contributed by atoms with Gasteiger partial charge in [-0.3, -0.25) is 14.4 Å². The summed E-state index contributed by atoms with van der Waals surface area (Å²) in [7, 11) is 0. The van der Waals surface area contributed by atoms with Gasteiger partial charge in [0.1, 0.15) is 13.2 Å². The summed E-state index contributed by atoms with van der Waals surface area (Å²) in [5, 5.41) is 0. The van der Waals surface area contributed by atoms with Crippen molar-refractivity contribution in [3.05, 3.63) is 36.5 Å². The zero-order valence-electron chi connectivity index (χ0n) is 54.8. The van der Waals surface area contributed by atoms with E-state index in [1.54, 1.807) is 0 Å². The number of rotatable bonds is 68. The molecule has 0 spiro atoms. The van der Waals surface area contributed by atoms with Crippen molar-refractivity contribution in [2.45, 2.75) is 412 Å². The molecule has 0 N–H and O–H groups in total. The van der Waals surface area contributed by atoms with Crippen LogP contribution in [-0.2, 0) is 28.6 Å². The number of allylic oxidation sites excluding steroid dienone is 6. The topological polar surface area (TPSA) is 78.9 Å². The molecule has 0 fully saturated rings. The lowest BCUT2D eigenvalue weighted by atomic mass is 10.0. The van der Waals surface area contributed by atoms with E-state index in [0.29, 0.717) is 19.3 Å². The van der Waals surface area contributed by atoms with Crippen molar-refractivity contribution in [1.29, 1.82) is 0 Å². The Morgan fingerprint density at radius 1 is 0.247 bits per heavy atom. The maximum atomic E-state index is 12.9. The lowest BCUT2D eigenvalue weighted by Gasteiger charge is -2.18. The van der Waals surface area contributed by atoms with Gasteiger partial charge < -0.3 is 14.2 Å². The van der Waals surface area contributed by atoms with Crippen LogP contribution in [0.2, 0.25) is 0 Å². The van der Waals surface area contributed by atoms with Gasteiger partial charge in [0.25, 0.3) is 0 Å². The Kier molecular flexibility index (Phi) is 68.1. The highest BCUT2D eigenvalue weighted by Crippen LogP contribution is 2.19. The molecular weight excluding hydrogens is 997 g/mol. The minimum atomic E-state index is -0.769. The number of ether oxygens (including phenoxy) is 3. The molecule has 0 rings (SSSR count). The fourth-order valence-electron chi connectivity index (χ4n) is 11.1. The molecule has 0 aromatic carbocycles. The predicted molar refractivity (Wildman–Crippen MR) is 353 cm³/mol. The molecule has 0 saturated heterocycles. The van der Waals surface area contributed by atoms with Crippen molar-refractivity contribution >= 4 is 17.9 Å². The van der Waals surface area contributed by atoms with Crippen molar-refractivity contribution in [3.8, 4) is 0 Å². The van der Waals surface area contributed by atoms with Gasteiger partial charge in [-0.05, 0) is 77.0 Å². The second-order valence-electron chi connectivity index (χ2n) is 24.9. The molecule has 6 heteroatoms. The Labute approximate surface area is 506 Å². The van der Waals surface area contributed by atoms with Crippen LogP contribution in [0.15, 0.2) is 36.5 Å². The molecule has 0 radical (unpaired) electrons. The quantitative estimate of drug-likeness (QED) is 0.0261. The molecule has 0 heterocycles. The second kappa shape index (κ2) is 70.1. The Morgan fingerprint density at radius 2 is 0.444 bits per heavy atom. The molecule has 6 nitrogen and oxygen atoms in total. The van der Waals surface area contributed by atoms with Crippen molar-refractivity contribution in [2.75, 3.05) is 13.2 Å². The maximum Gasteiger partial charge on any atom is 0.306 e. The Balaban J connectivity index is 4.08. The summed E-state index contributed by atoms with van der Waals surface area (Å²) in [4.78, 5) is 38.3. The van der Waals surface area contributed by atoms with Crippen LogP contribution in [0.3, 0.4) is 0 Å². The van der Waals surface area contributed by atoms with E-state index in [-0.39, 0.29) is 31.1 Å². The van der Waals surface area contributed by atoms with Gasteiger partial charge in [0, 0.05) is 19.3 Å². The van der Waals surface area contributed by atoms with E-state index < -0.39 is 6.10 Å². The van der Waals surface area contributed by atoms with Gasteiger partial charge in [0.15, 0.2) is 6.10 Å². The second-order valence-corrected chi connectivity index (χ2v) is 24.9. The van der Waals surface area contributed by atoms with Crippen molar-refractivity contribution in [1.82, 2.24) is 0 Å². The minimum absolute atomic E-state index is 0.0666. The SMILES string of the molecule is CCCCCCC/C=C\C/C=C\CCCCCCCCCCCCCCCC(=O)OC(COC(=O)CCCCCCCCCCC)COC(=O)CCCCCCCCCCCCCCCCCCC/C=C\CCCCCCCCCC. The van der Waals surface area contributed by atoms with E-state index >= 15 is 0 Å². The number of esters is 3. The van der Waals surface area contributed by atoms with E-state index in [9.17, 15) is 14.4 Å². The Bertz CT molecular complexity index is 1350. The number of hydrogen-bond acceptors (Lipinski definition) is 6. The van der Waals surface area contributed by atoms with Crippen molar-refractivity contribution in [3.63, 3.8) is 0 Å². The van der Waals surface area contributed by atoms with Gasteiger partial charge in [-0.25, -0.2) is 0 Å². The monoisotopic (exact) mass is 1140 g/mol. The molecule has 0 aliphatic rings. The first-order valence-electron chi connectivity index (χ1n) is 36.5. The number of unbranched alkanes of at least 4 members (excludes halogenated alkanes) is 51. The third-order valence-electron chi connectivity index (χ3n) is 16.6. The summed E-state index contributed by atoms with van der Waals surface area (Å²) in [6, 6.07) is 0. The third kappa shape index (κ3) is 68.3. The molecule has 0 amide bonds. The number of carbonyl (C=O) groups excluding carboxylic acids is 3. The third-order valence-corrected chi connectivity index (χ3v) is 16.6. The molecule has 0 aliphatic carbocycles. The first-order chi connectivity index (χ1) is 40.0. The van der Waals surface area contributed by atoms with E-state index in [2.05, 4.69) is 57.2 Å². The zero-order chi connectivity index (χ0) is 58.5. The smallest absolute Gasteiger partial charge is 0.306 e. The summed E-state index contributed by atoms with van der Waals surface area (Å²) in [6.07, 6.45) is 87.7. The number of carbonyl (C=O) groups is 3. The van der Waals surface area contributed by atoms with Gasteiger partial charge in [0.2, 0.25) is 0 Å². The lowest BCUT2D eigenvalue weighted by molar-refractivity contribution is -0.167. The summed E-state index contributed by atoms with van der Waals surface area (Å²) in [5.41, 5.74) is 0. The van der Waals surface area contributed by atoms with Crippen LogP contribution in [-0.4, -0.2) is 37.2 Å². The molecule has 1 unspecified atom stereocenters. The standard InChI is InChI=1S/C75H140O6/c1-4-7-10-13-16-19-21-23-25-27-29-31-33-35-36-37-38-40-41-43-45-47-49-51-53-56-59-62-65-68-74(77)80-71-72(70-79-73(76)67-64-61-58-55-18-15-12-9-6-3)81-75(78)69-66-63-60-57-54-52-50-48-46-44-42-39-34-32-30-28-26-24-22-20-17-14-11-8-5-2/h22,24,27-30,72H,4-21,23,25-26,31-71H2,1-3H3/b24-22-,29-27-,30-28-. The summed E-state index contributed by atoms with van der Waals surface area (Å²) >= 11 is 0. The van der Waals surface area contributed by atoms with Crippen LogP contribution in [0.1, 0.15) is 406 Å². The maximum absolute atomic E-state index is 12.9. The molecule has 0 saturated carbocycles. The molecule has 476 valence electrons. The van der Waals surface area contributed by atoms with Gasteiger partial charge in [-0.2, -0.15) is 0 Å². The van der Waals surface area contributed by atoms with E-state index in [1.807, 2.05) is 0 Å². The molecule has 0 bridgehead atoms. The first-order valence-corrected chi connectivity index (χ1v) is 36.5. The van der Waals surface area contributed by atoms with Gasteiger partial charge in [0.05, 0.1) is 0 Å². The highest BCUT2D eigenvalue weighted by atomic mass is 16.6. The van der Waals surface area contributed by atoms with Crippen LogP contribution in [0.25, 0.3) is 0 Å². The molecule has 0 aliphatic heterocycles. The highest BCUT2D eigenvalue weighted by Gasteiger charge is 2.19. The molecule has 1 atom stereocenters. The molecule has 0 aromatic rings. The highest BCUT2D eigenvalue weighted by molar-refractivity contribution is 5.71. The van der Waals surface area contributed by atoms with Crippen LogP contribution < -0.4 is 0 Å². The first kappa shape index (κ1) is 78.6. The van der Waals surface area contributed by atoms with E-state index in [4.69, 9.17) is 14.2 Å². The zero-order valence-corrected chi connectivity index (χ0v) is 54.8. The van der Waals surface area contributed by atoms with E-state index in [1.165, 1.54) is 302 Å². The largest absolute Gasteiger partial charge is 0.462 e. The van der Waals surface area contributed by atoms with Crippen LogP contribution in [0, 0.1) is 0 Å². The van der Waals surface area contributed by atoms with Gasteiger partial charge >= 0.3 is 17.9 Å². The minimum Gasteiger partial charge on any atom is -0.462 e. The van der Waals surface area contributed by atoms with Crippen molar-refractivity contribution in [2.24, 2.45) is 0 Å². The Hall–Kier alpha value is -2.37. The summed E-state index contributed by atoms with van der Waals surface area (Å²) < 4.78 is 17.0. The number of hydrogen-bond donors (Lipinski definition) is 0. The fourth-order valence-corrected chi connectivity index (χ4v) is 11.1. The van der Waals surface area contributed by atoms with Crippen LogP contribution in [0.4, 0.5) is 0 Å². The molecule has 0 aromatic heterocycles. The average molecular weight is 1140 g/mol. The normalized spacial score (nSPS) is 12.2. The van der Waals surface area contributed by atoms with Gasteiger partial charge in [-0.1, -0.05) is 346 Å².